The molecule has 11 heteroatoms. The van der Waals surface area contributed by atoms with Gasteiger partial charge in [-0.1, -0.05) is 5.16 Å². The number of amidine groups is 1. The summed E-state index contributed by atoms with van der Waals surface area (Å²) in [5, 5.41) is 8.23. The molecule has 0 N–H and O–H groups in total. The molecule has 1 aliphatic heterocycles. The summed E-state index contributed by atoms with van der Waals surface area (Å²) in [6, 6.07) is 3.09. The Balaban J connectivity index is 1.54. The minimum absolute atomic E-state index is 0.0632. The van der Waals surface area contributed by atoms with Crippen LogP contribution in [0.3, 0.4) is 0 Å². The molecule has 3 aromatic heterocycles. The lowest BCUT2D eigenvalue weighted by atomic mass is 10.1. The van der Waals surface area contributed by atoms with Crippen molar-refractivity contribution < 1.29 is 18.4 Å². The highest BCUT2D eigenvalue weighted by Gasteiger charge is 2.28. The van der Waals surface area contributed by atoms with Gasteiger partial charge in [-0.3, -0.25) is 9.67 Å². The third-order valence-corrected chi connectivity index (χ3v) is 5.89. The van der Waals surface area contributed by atoms with Crippen molar-refractivity contribution in [2.75, 3.05) is 19.1 Å². The Morgan fingerprint density at radius 2 is 1.94 bits per heavy atom. The molecule has 0 aliphatic carbocycles. The number of hydrogen-bond acceptors (Lipinski definition) is 9. The van der Waals surface area contributed by atoms with Crippen LogP contribution in [0.2, 0.25) is 0 Å². The van der Waals surface area contributed by atoms with Gasteiger partial charge in [0.1, 0.15) is 17.3 Å². The number of aliphatic imine (C=N–C) groups is 1. The van der Waals surface area contributed by atoms with Gasteiger partial charge in [0.25, 0.3) is 0 Å². The number of hydrogen-bond donors (Lipinski definition) is 0. The van der Waals surface area contributed by atoms with Crippen molar-refractivity contribution in [3.8, 4) is 22.8 Å². The maximum absolute atomic E-state index is 15.4. The zero-order valence-corrected chi connectivity index (χ0v) is 20.5. The first-order chi connectivity index (χ1) is 17.4. The molecule has 0 bridgehead atoms. The first kappa shape index (κ1) is 23.2. The second kappa shape index (κ2) is 9.25. The number of aryl methyl sites for hydroxylation is 3. The fraction of sp³-hybridized carbons (Fsp3) is 0.240. The third-order valence-electron chi connectivity index (χ3n) is 5.89. The minimum Gasteiger partial charge on any atom is -0.497 e. The maximum atomic E-state index is 15.4. The van der Waals surface area contributed by atoms with E-state index >= 15 is 4.39 Å². The number of aromatic nitrogens is 5. The second-order valence-electron chi connectivity index (χ2n) is 8.22. The lowest BCUT2D eigenvalue weighted by Crippen LogP contribution is -2.32. The highest BCUT2D eigenvalue weighted by Crippen LogP contribution is 2.38. The van der Waals surface area contributed by atoms with E-state index < -0.39 is 5.82 Å². The number of ether oxygens (including phenoxy) is 2. The van der Waals surface area contributed by atoms with Gasteiger partial charge >= 0.3 is 0 Å². The number of nitrogens with zero attached hydrogens (tertiary/aromatic N) is 7. The molecule has 36 heavy (non-hydrogen) atoms. The Hall–Kier alpha value is -4.54. The van der Waals surface area contributed by atoms with Crippen LogP contribution in [0.15, 0.2) is 46.3 Å². The van der Waals surface area contributed by atoms with E-state index in [4.69, 9.17) is 14.0 Å². The average Bonchev–Trinajstić information content (AvgIpc) is 3.48. The van der Waals surface area contributed by atoms with Crippen molar-refractivity contribution in [2.45, 2.75) is 20.4 Å². The Morgan fingerprint density at radius 3 is 2.64 bits per heavy atom. The predicted molar refractivity (Wildman–Crippen MR) is 132 cm³/mol. The van der Waals surface area contributed by atoms with E-state index in [1.165, 1.54) is 20.3 Å². The maximum Gasteiger partial charge on any atom is 0.202 e. The van der Waals surface area contributed by atoms with Crippen molar-refractivity contribution in [3.05, 3.63) is 65.3 Å². The van der Waals surface area contributed by atoms with Crippen molar-refractivity contribution in [2.24, 2.45) is 12.0 Å². The van der Waals surface area contributed by atoms with Crippen LogP contribution < -0.4 is 14.4 Å². The van der Waals surface area contributed by atoms with E-state index in [0.29, 0.717) is 35.4 Å². The summed E-state index contributed by atoms with van der Waals surface area (Å²) in [7, 11) is 4.77. The summed E-state index contributed by atoms with van der Waals surface area (Å²) in [5.74, 6) is 1.50. The third kappa shape index (κ3) is 4.19. The molecule has 0 fully saturated rings. The summed E-state index contributed by atoms with van der Waals surface area (Å²) in [4.78, 5) is 15.6. The summed E-state index contributed by atoms with van der Waals surface area (Å²) in [6.07, 6.45) is 8.84. The molecule has 0 radical (unpaired) electrons. The molecular weight excluding hydrogens is 465 g/mol. The first-order valence-corrected chi connectivity index (χ1v) is 11.1. The van der Waals surface area contributed by atoms with Gasteiger partial charge in [-0.25, -0.2) is 14.4 Å². The van der Waals surface area contributed by atoms with Crippen molar-refractivity contribution in [1.82, 2.24) is 24.9 Å². The van der Waals surface area contributed by atoms with Crippen LogP contribution in [0.5, 0.6) is 11.5 Å². The van der Waals surface area contributed by atoms with E-state index in [1.807, 2.05) is 20.2 Å². The molecule has 4 heterocycles. The minimum atomic E-state index is -0.534. The Morgan fingerprint density at radius 1 is 1.11 bits per heavy atom. The molecule has 0 amide bonds. The van der Waals surface area contributed by atoms with E-state index in [-0.39, 0.29) is 11.4 Å². The van der Waals surface area contributed by atoms with E-state index in [9.17, 15) is 0 Å². The molecular formula is C25H24FN7O3. The van der Waals surface area contributed by atoms with Crippen LogP contribution in [-0.2, 0) is 13.6 Å². The van der Waals surface area contributed by atoms with Crippen LogP contribution in [-0.4, -0.2) is 45.0 Å². The Kier molecular flexibility index (Phi) is 5.96. The lowest BCUT2D eigenvalue weighted by Gasteiger charge is -2.28. The van der Waals surface area contributed by atoms with Gasteiger partial charge in [0.05, 0.1) is 61.5 Å². The van der Waals surface area contributed by atoms with Gasteiger partial charge in [0, 0.05) is 30.9 Å². The molecule has 5 rings (SSSR count). The number of benzene rings is 1. The van der Waals surface area contributed by atoms with E-state index in [0.717, 1.165) is 22.5 Å². The molecule has 1 aromatic carbocycles. The number of methoxy groups -OCH3 is 2. The van der Waals surface area contributed by atoms with Gasteiger partial charge < -0.3 is 18.9 Å². The quantitative estimate of drug-likeness (QED) is 0.393. The largest absolute Gasteiger partial charge is 0.497 e. The lowest BCUT2D eigenvalue weighted by molar-refractivity contribution is 0.374. The SMILES string of the molecule is COc1cc(OC)c(F)c(N2Cc3c(noc3C)N=C2/C=C\c2ncc(-c3cnn(C)c3)nc2C)c1. The second-order valence-corrected chi connectivity index (χ2v) is 8.22. The fourth-order valence-electron chi connectivity index (χ4n) is 3.92. The van der Waals surface area contributed by atoms with Crippen LogP contribution in [0.25, 0.3) is 17.3 Å². The number of halogens is 1. The smallest absolute Gasteiger partial charge is 0.202 e. The van der Waals surface area contributed by atoms with E-state index in [2.05, 4.69) is 25.2 Å². The monoisotopic (exact) mass is 489 g/mol. The normalized spacial score (nSPS) is 13.2. The van der Waals surface area contributed by atoms with Crippen LogP contribution >= 0.6 is 0 Å². The topological polar surface area (TPSA) is 104 Å². The van der Waals surface area contributed by atoms with Crippen LogP contribution in [0.4, 0.5) is 15.9 Å². The summed E-state index contributed by atoms with van der Waals surface area (Å²) >= 11 is 0. The molecule has 0 atom stereocenters. The molecule has 184 valence electrons. The summed E-state index contributed by atoms with van der Waals surface area (Å²) in [5.41, 5.74) is 3.99. The predicted octanol–water partition coefficient (Wildman–Crippen LogP) is 4.40. The van der Waals surface area contributed by atoms with Gasteiger partial charge in [-0.05, 0) is 26.0 Å². The van der Waals surface area contributed by atoms with Crippen molar-refractivity contribution in [1.29, 1.82) is 0 Å². The van der Waals surface area contributed by atoms with Gasteiger partial charge in [0.2, 0.25) is 5.82 Å². The molecule has 0 unspecified atom stereocenters. The van der Waals surface area contributed by atoms with E-state index in [1.54, 1.807) is 47.1 Å². The zero-order valence-electron chi connectivity index (χ0n) is 20.5. The number of anilines is 1. The number of rotatable bonds is 6. The van der Waals surface area contributed by atoms with Gasteiger partial charge in [-0.2, -0.15) is 5.10 Å². The molecule has 4 aromatic rings. The summed E-state index contributed by atoms with van der Waals surface area (Å²) in [6.45, 7) is 3.97. The standard InChI is InChI=1S/C25H24FN7O3/c1-14-19(27-11-20(29-14)16-10-28-32(3)12-16)6-7-23-30-25-18(15(2)36-31-25)13-33(23)21-8-17(34-4)9-22(35-5)24(21)26/h6-12H,13H2,1-5H3/b7-6-. The van der Waals surface area contributed by atoms with Gasteiger partial charge in [0.15, 0.2) is 11.6 Å². The van der Waals surface area contributed by atoms with Crippen LogP contribution in [0, 0.1) is 19.7 Å². The highest BCUT2D eigenvalue weighted by atomic mass is 19.1. The molecule has 1 aliphatic rings. The molecule has 0 spiro atoms. The Labute approximate surface area is 206 Å². The highest BCUT2D eigenvalue weighted by molar-refractivity contribution is 6.10. The molecule has 0 saturated carbocycles. The van der Waals surface area contributed by atoms with Crippen molar-refractivity contribution in [3.63, 3.8) is 0 Å². The Bertz CT molecular complexity index is 1510. The molecule has 0 saturated heterocycles. The van der Waals surface area contributed by atoms with Crippen LogP contribution in [0.1, 0.15) is 22.7 Å². The zero-order chi connectivity index (χ0) is 25.4. The summed E-state index contributed by atoms with van der Waals surface area (Å²) < 4.78 is 33.1. The first-order valence-electron chi connectivity index (χ1n) is 11.1. The number of fused-ring (bicyclic) bond motifs is 1. The van der Waals surface area contributed by atoms with Crippen molar-refractivity contribution >= 4 is 23.4 Å². The fourth-order valence-corrected chi connectivity index (χ4v) is 3.92. The average molecular weight is 490 g/mol. The molecule has 10 nitrogen and oxygen atoms in total. The van der Waals surface area contributed by atoms with Gasteiger partial charge in [-0.15, -0.1) is 0 Å².